The van der Waals surface area contributed by atoms with E-state index in [9.17, 15) is 10.1 Å². The fourth-order valence-corrected chi connectivity index (χ4v) is 3.92. The molecule has 1 heterocycles. The second kappa shape index (κ2) is 9.06. The lowest BCUT2D eigenvalue weighted by Gasteiger charge is -2.17. The number of aromatic nitrogens is 1. The lowest BCUT2D eigenvalue weighted by Crippen LogP contribution is -2.13. The van der Waals surface area contributed by atoms with Crippen molar-refractivity contribution in [3.8, 4) is 11.8 Å². The summed E-state index contributed by atoms with van der Waals surface area (Å²) in [7, 11) is 0. The maximum absolute atomic E-state index is 12.8. The van der Waals surface area contributed by atoms with E-state index >= 15 is 0 Å². The molecular weight excluding hydrogens is 382 g/mol. The van der Waals surface area contributed by atoms with E-state index in [0.29, 0.717) is 5.69 Å². The monoisotopic (exact) mass is 411 g/mol. The molecule has 31 heavy (non-hydrogen) atoms. The SMILES string of the molecule is CCc1cccc(C)c1-n1c(C)cc(/C=C(/C#N)C(=O)Nc2ccc(C)c(C)c2)c1C. The number of nitrogens with zero attached hydrogens (tertiary/aromatic N) is 2. The molecule has 158 valence electrons. The molecule has 0 aliphatic heterocycles. The minimum atomic E-state index is -0.402. The van der Waals surface area contributed by atoms with Crippen LogP contribution in [0.5, 0.6) is 0 Å². The number of nitriles is 1. The summed E-state index contributed by atoms with van der Waals surface area (Å²) in [6.45, 7) is 12.4. The van der Waals surface area contributed by atoms with Crippen LogP contribution in [0.25, 0.3) is 11.8 Å². The third-order valence-electron chi connectivity index (χ3n) is 5.83. The third kappa shape index (κ3) is 4.46. The zero-order valence-electron chi connectivity index (χ0n) is 19.1. The van der Waals surface area contributed by atoms with Gasteiger partial charge in [0.25, 0.3) is 5.91 Å². The van der Waals surface area contributed by atoms with E-state index in [0.717, 1.165) is 34.5 Å². The quantitative estimate of drug-likeness (QED) is 0.406. The largest absolute Gasteiger partial charge is 0.321 e. The van der Waals surface area contributed by atoms with Crippen LogP contribution in [0.15, 0.2) is 48.0 Å². The fraction of sp³-hybridized carbons (Fsp3) is 0.259. The smallest absolute Gasteiger partial charge is 0.266 e. The second-order valence-electron chi connectivity index (χ2n) is 8.02. The highest BCUT2D eigenvalue weighted by atomic mass is 16.1. The summed E-state index contributed by atoms with van der Waals surface area (Å²) in [5, 5.41) is 12.5. The third-order valence-corrected chi connectivity index (χ3v) is 5.83. The molecule has 0 radical (unpaired) electrons. The van der Waals surface area contributed by atoms with Crippen molar-refractivity contribution in [1.29, 1.82) is 5.26 Å². The average Bonchev–Trinajstić information content (AvgIpc) is 3.01. The molecule has 0 spiro atoms. The van der Waals surface area contributed by atoms with E-state index < -0.39 is 5.91 Å². The van der Waals surface area contributed by atoms with Gasteiger partial charge in [-0.15, -0.1) is 0 Å². The topological polar surface area (TPSA) is 57.8 Å². The fourth-order valence-electron chi connectivity index (χ4n) is 3.92. The first kappa shape index (κ1) is 22.1. The van der Waals surface area contributed by atoms with Crippen LogP contribution in [0.4, 0.5) is 5.69 Å². The highest BCUT2D eigenvalue weighted by Gasteiger charge is 2.16. The van der Waals surface area contributed by atoms with Crippen LogP contribution < -0.4 is 5.32 Å². The summed E-state index contributed by atoms with van der Waals surface area (Å²) in [4.78, 5) is 12.8. The van der Waals surface area contributed by atoms with Crippen LogP contribution >= 0.6 is 0 Å². The molecule has 4 heteroatoms. The van der Waals surface area contributed by atoms with E-state index in [1.165, 1.54) is 16.8 Å². The van der Waals surface area contributed by atoms with Crippen molar-refractivity contribution < 1.29 is 4.79 Å². The van der Waals surface area contributed by atoms with Crippen LogP contribution in [-0.2, 0) is 11.2 Å². The van der Waals surface area contributed by atoms with Crippen molar-refractivity contribution in [2.45, 2.75) is 48.0 Å². The van der Waals surface area contributed by atoms with Gasteiger partial charge in [-0.1, -0.05) is 31.2 Å². The Morgan fingerprint density at radius 3 is 2.42 bits per heavy atom. The van der Waals surface area contributed by atoms with Crippen LogP contribution in [0.3, 0.4) is 0 Å². The lowest BCUT2D eigenvalue weighted by molar-refractivity contribution is -0.112. The van der Waals surface area contributed by atoms with Crippen LogP contribution in [0.2, 0.25) is 0 Å². The molecule has 0 saturated heterocycles. The van der Waals surface area contributed by atoms with Crippen molar-refractivity contribution in [3.63, 3.8) is 0 Å². The number of nitrogens with one attached hydrogen (secondary N) is 1. The molecule has 0 saturated carbocycles. The normalized spacial score (nSPS) is 11.3. The number of rotatable bonds is 5. The van der Waals surface area contributed by atoms with E-state index in [1.807, 2.05) is 45.0 Å². The number of anilines is 1. The highest BCUT2D eigenvalue weighted by molar-refractivity contribution is 6.09. The van der Waals surface area contributed by atoms with Crippen LogP contribution in [0, 0.1) is 45.9 Å². The van der Waals surface area contributed by atoms with E-state index in [2.05, 4.69) is 54.9 Å². The van der Waals surface area contributed by atoms with Gasteiger partial charge in [-0.05, 0) is 93.1 Å². The number of para-hydroxylation sites is 1. The van der Waals surface area contributed by atoms with Gasteiger partial charge >= 0.3 is 0 Å². The van der Waals surface area contributed by atoms with Gasteiger partial charge in [-0.2, -0.15) is 5.26 Å². The number of aryl methyl sites for hydroxylation is 5. The number of benzene rings is 2. The summed E-state index contributed by atoms with van der Waals surface area (Å²) in [5.41, 5.74) is 9.61. The van der Waals surface area contributed by atoms with Gasteiger partial charge in [-0.25, -0.2) is 0 Å². The minimum absolute atomic E-state index is 0.0824. The van der Waals surface area contributed by atoms with Gasteiger partial charge < -0.3 is 9.88 Å². The van der Waals surface area contributed by atoms with Gasteiger partial charge in [0.1, 0.15) is 11.6 Å². The number of hydrogen-bond donors (Lipinski definition) is 1. The van der Waals surface area contributed by atoms with Gasteiger partial charge in [0.15, 0.2) is 0 Å². The van der Waals surface area contributed by atoms with Gasteiger partial charge in [0.2, 0.25) is 0 Å². The molecule has 0 fully saturated rings. The Balaban J connectivity index is 1.99. The number of amides is 1. The van der Waals surface area contributed by atoms with Crippen molar-refractivity contribution in [2.24, 2.45) is 0 Å². The summed E-state index contributed by atoms with van der Waals surface area (Å²) >= 11 is 0. The van der Waals surface area contributed by atoms with E-state index in [-0.39, 0.29) is 5.57 Å². The molecule has 3 rings (SSSR count). The molecule has 0 aliphatic carbocycles. The maximum atomic E-state index is 12.8. The van der Waals surface area contributed by atoms with Crippen LogP contribution in [0.1, 0.15) is 46.1 Å². The first-order valence-corrected chi connectivity index (χ1v) is 10.5. The average molecular weight is 412 g/mol. The Morgan fingerprint density at radius 1 is 1.03 bits per heavy atom. The number of hydrogen-bond acceptors (Lipinski definition) is 2. The second-order valence-corrected chi connectivity index (χ2v) is 8.02. The number of carbonyl (C=O) groups excluding carboxylic acids is 1. The minimum Gasteiger partial charge on any atom is -0.321 e. The molecule has 1 N–H and O–H groups in total. The van der Waals surface area contributed by atoms with E-state index in [1.54, 1.807) is 6.08 Å². The standard InChI is InChI=1S/C27H29N3O/c1-7-22-10-8-9-18(3)26(22)30-20(5)14-23(21(30)6)15-24(16-28)27(31)29-25-12-11-17(2)19(4)13-25/h8-15H,7H2,1-6H3,(H,29,31)/b24-15-. The Labute approximate surface area is 184 Å². The molecule has 3 aromatic rings. The maximum Gasteiger partial charge on any atom is 0.266 e. The molecule has 2 aromatic carbocycles. The highest BCUT2D eigenvalue weighted by Crippen LogP contribution is 2.28. The van der Waals surface area contributed by atoms with E-state index in [4.69, 9.17) is 0 Å². The Kier molecular flexibility index (Phi) is 6.46. The van der Waals surface area contributed by atoms with Crippen molar-refractivity contribution in [1.82, 2.24) is 4.57 Å². The zero-order chi connectivity index (χ0) is 22.7. The Morgan fingerprint density at radius 2 is 1.77 bits per heavy atom. The van der Waals surface area contributed by atoms with Crippen molar-refractivity contribution in [3.05, 3.63) is 87.2 Å². The lowest BCUT2D eigenvalue weighted by atomic mass is 10.1. The summed E-state index contributed by atoms with van der Waals surface area (Å²) in [5.74, 6) is -0.402. The van der Waals surface area contributed by atoms with Crippen LogP contribution in [-0.4, -0.2) is 10.5 Å². The summed E-state index contributed by atoms with van der Waals surface area (Å²) in [6.07, 6.45) is 2.61. The van der Waals surface area contributed by atoms with Gasteiger partial charge in [0, 0.05) is 17.1 Å². The van der Waals surface area contributed by atoms with Gasteiger partial charge in [0.05, 0.1) is 5.69 Å². The van der Waals surface area contributed by atoms with Crippen molar-refractivity contribution >= 4 is 17.7 Å². The first-order chi connectivity index (χ1) is 14.8. The molecular formula is C27H29N3O. The molecule has 0 atom stereocenters. The Hall–Kier alpha value is -3.58. The zero-order valence-corrected chi connectivity index (χ0v) is 19.1. The molecule has 0 unspecified atom stereocenters. The first-order valence-electron chi connectivity index (χ1n) is 10.5. The molecule has 0 bridgehead atoms. The molecule has 1 aromatic heterocycles. The summed E-state index contributed by atoms with van der Waals surface area (Å²) in [6, 6.07) is 16.2. The molecule has 0 aliphatic rings. The predicted octanol–water partition coefficient (Wildman–Crippen LogP) is 6.13. The van der Waals surface area contributed by atoms with Crippen molar-refractivity contribution in [2.75, 3.05) is 5.32 Å². The Bertz CT molecular complexity index is 1220. The molecule has 1 amide bonds. The molecule has 4 nitrogen and oxygen atoms in total. The predicted molar refractivity (Wildman–Crippen MR) is 127 cm³/mol. The van der Waals surface area contributed by atoms with Gasteiger partial charge in [-0.3, -0.25) is 4.79 Å². The number of carbonyl (C=O) groups is 1. The summed E-state index contributed by atoms with van der Waals surface area (Å²) < 4.78 is 2.22.